The van der Waals surface area contributed by atoms with E-state index in [-0.39, 0.29) is 0 Å². The molecule has 0 aliphatic rings. The normalized spacial score (nSPS) is 9.80. The van der Waals surface area contributed by atoms with Gasteiger partial charge in [-0.1, -0.05) is 35.9 Å². The predicted octanol–water partition coefficient (Wildman–Crippen LogP) is 3.39. The molecule has 0 saturated heterocycles. The van der Waals surface area contributed by atoms with Gasteiger partial charge in [-0.25, -0.2) is 0 Å². The van der Waals surface area contributed by atoms with Gasteiger partial charge < -0.3 is 10.1 Å². The van der Waals surface area contributed by atoms with Crippen LogP contribution in [0.2, 0.25) is 10.0 Å². The number of hydrogen-bond donors (Lipinski definition) is 1. The Morgan fingerprint density at radius 3 is 2.87 bits per heavy atom. The third kappa shape index (κ3) is 3.29. The Hall–Kier alpha value is -0.930. The Kier molecular flexibility index (Phi) is 4.72. The molecule has 15 heavy (non-hydrogen) atoms. The number of hydrogen-bond acceptors (Lipinski definition) is 3. The smallest absolute Gasteiger partial charge is 0.234 e. The Bertz CT molecular complexity index is 356. The number of aromatic nitrogens is 1. The minimum Gasteiger partial charge on any atom is -0.472 e. The third-order valence-corrected chi connectivity index (χ3v) is 2.14. The first-order valence-electron chi connectivity index (χ1n) is 4.52. The molecule has 0 atom stereocenters. The first-order chi connectivity index (χ1) is 7.19. The number of nitrogens with one attached hydrogen (secondary N) is 1. The van der Waals surface area contributed by atoms with Crippen LogP contribution in [0.1, 0.15) is 6.92 Å². The van der Waals surface area contributed by atoms with E-state index >= 15 is 0 Å². The Morgan fingerprint density at radius 2 is 2.27 bits per heavy atom. The van der Waals surface area contributed by atoms with Crippen LogP contribution in [-0.4, -0.2) is 18.1 Å². The Morgan fingerprint density at radius 1 is 1.53 bits per heavy atom. The van der Waals surface area contributed by atoms with E-state index in [1.165, 1.54) is 0 Å². The molecule has 5 heteroatoms. The largest absolute Gasteiger partial charge is 0.472 e. The van der Waals surface area contributed by atoms with Crippen LogP contribution in [0.3, 0.4) is 0 Å². The molecule has 0 amide bonds. The van der Waals surface area contributed by atoms with Crippen LogP contribution in [0.25, 0.3) is 0 Å². The molecule has 0 spiro atoms. The van der Waals surface area contributed by atoms with Crippen molar-refractivity contribution in [3.05, 3.63) is 28.8 Å². The van der Waals surface area contributed by atoms with E-state index in [2.05, 4.69) is 16.9 Å². The summed E-state index contributed by atoms with van der Waals surface area (Å²) in [7, 11) is 0. The Balaban J connectivity index is 2.94. The summed E-state index contributed by atoms with van der Waals surface area (Å²) >= 11 is 11.8. The van der Waals surface area contributed by atoms with Crippen LogP contribution in [0, 0.1) is 0 Å². The summed E-state index contributed by atoms with van der Waals surface area (Å²) in [4.78, 5) is 4.15. The average molecular weight is 247 g/mol. The third-order valence-electron chi connectivity index (χ3n) is 1.58. The standard InChI is InChI=1S/C10H12Cl2N2O/c1-3-5-15-10-8(12)6-7(11)9(14-10)13-4-2/h3,6H,1,4-5H2,2H3,(H,13,14). The lowest BCUT2D eigenvalue weighted by molar-refractivity contribution is 0.349. The van der Waals surface area contributed by atoms with E-state index in [4.69, 9.17) is 27.9 Å². The fourth-order valence-electron chi connectivity index (χ4n) is 0.980. The van der Waals surface area contributed by atoms with Crippen molar-refractivity contribution in [2.24, 2.45) is 0 Å². The van der Waals surface area contributed by atoms with Crippen LogP contribution < -0.4 is 10.1 Å². The average Bonchev–Trinajstić information content (AvgIpc) is 2.20. The lowest BCUT2D eigenvalue weighted by Crippen LogP contribution is -2.03. The zero-order valence-electron chi connectivity index (χ0n) is 8.39. The molecule has 0 fully saturated rings. The molecule has 0 saturated carbocycles. The van der Waals surface area contributed by atoms with Gasteiger partial charge in [-0.3, -0.25) is 0 Å². The predicted molar refractivity (Wildman–Crippen MR) is 64.1 cm³/mol. The van der Waals surface area contributed by atoms with Crippen molar-refractivity contribution >= 4 is 29.0 Å². The molecule has 0 bridgehead atoms. The maximum atomic E-state index is 5.93. The highest BCUT2D eigenvalue weighted by molar-refractivity contribution is 6.36. The van der Waals surface area contributed by atoms with Crippen LogP contribution in [-0.2, 0) is 0 Å². The maximum absolute atomic E-state index is 5.93. The molecular weight excluding hydrogens is 235 g/mol. The van der Waals surface area contributed by atoms with Crippen molar-refractivity contribution in [2.75, 3.05) is 18.5 Å². The summed E-state index contributed by atoms with van der Waals surface area (Å²) in [6.45, 7) is 6.59. The Labute approximate surface area is 99.1 Å². The summed E-state index contributed by atoms with van der Waals surface area (Å²) in [6, 6.07) is 1.60. The number of anilines is 1. The van der Waals surface area contributed by atoms with E-state index in [1.807, 2.05) is 6.92 Å². The maximum Gasteiger partial charge on any atom is 0.234 e. The topological polar surface area (TPSA) is 34.1 Å². The molecular formula is C10H12Cl2N2O. The summed E-state index contributed by atoms with van der Waals surface area (Å²) in [5.74, 6) is 0.930. The molecule has 1 rings (SSSR count). The van der Waals surface area contributed by atoms with Crippen LogP contribution in [0.5, 0.6) is 5.88 Å². The van der Waals surface area contributed by atoms with E-state index in [9.17, 15) is 0 Å². The zero-order chi connectivity index (χ0) is 11.3. The molecule has 1 heterocycles. The summed E-state index contributed by atoms with van der Waals surface area (Å²) in [6.07, 6.45) is 1.62. The van der Waals surface area contributed by atoms with Crippen LogP contribution >= 0.6 is 23.2 Å². The minimum absolute atomic E-state index is 0.358. The first kappa shape index (κ1) is 12.1. The molecule has 0 aromatic carbocycles. The van der Waals surface area contributed by atoms with E-state index in [0.717, 1.165) is 6.54 Å². The lowest BCUT2D eigenvalue weighted by atomic mass is 10.4. The highest BCUT2D eigenvalue weighted by Crippen LogP contribution is 2.30. The van der Waals surface area contributed by atoms with Gasteiger partial charge in [-0.05, 0) is 13.0 Å². The van der Waals surface area contributed by atoms with E-state index in [0.29, 0.717) is 28.3 Å². The second-order valence-corrected chi connectivity index (χ2v) is 3.55. The SMILES string of the molecule is C=CCOc1nc(NCC)c(Cl)cc1Cl. The first-order valence-corrected chi connectivity index (χ1v) is 5.28. The zero-order valence-corrected chi connectivity index (χ0v) is 9.90. The molecule has 0 aliphatic carbocycles. The van der Waals surface area contributed by atoms with Crippen molar-refractivity contribution < 1.29 is 4.74 Å². The van der Waals surface area contributed by atoms with Gasteiger partial charge in [-0.2, -0.15) is 4.98 Å². The van der Waals surface area contributed by atoms with Gasteiger partial charge in [0.05, 0.1) is 5.02 Å². The van der Waals surface area contributed by atoms with E-state index in [1.54, 1.807) is 12.1 Å². The fraction of sp³-hybridized carbons (Fsp3) is 0.300. The van der Waals surface area contributed by atoms with Crippen molar-refractivity contribution in [3.63, 3.8) is 0 Å². The van der Waals surface area contributed by atoms with Gasteiger partial charge in [0.25, 0.3) is 0 Å². The number of nitrogens with zero attached hydrogens (tertiary/aromatic N) is 1. The monoisotopic (exact) mass is 246 g/mol. The second-order valence-electron chi connectivity index (χ2n) is 2.74. The number of rotatable bonds is 5. The van der Waals surface area contributed by atoms with Gasteiger partial charge in [0, 0.05) is 6.54 Å². The molecule has 1 aromatic rings. The van der Waals surface area contributed by atoms with Gasteiger partial charge in [0.15, 0.2) is 0 Å². The van der Waals surface area contributed by atoms with Crippen LogP contribution in [0.4, 0.5) is 5.82 Å². The van der Waals surface area contributed by atoms with Gasteiger partial charge in [0.1, 0.15) is 17.4 Å². The summed E-state index contributed by atoms with van der Waals surface area (Å²) in [5.41, 5.74) is 0. The van der Waals surface area contributed by atoms with Crippen molar-refractivity contribution in [1.82, 2.24) is 4.98 Å². The molecule has 3 nitrogen and oxygen atoms in total. The minimum atomic E-state index is 0.358. The molecule has 0 aliphatic heterocycles. The number of halogens is 2. The number of ether oxygens (including phenoxy) is 1. The summed E-state index contributed by atoms with van der Waals surface area (Å²) < 4.78 is 5.27. The quantitative estimate of drug-likeness (QED) is 0.810. The highest BCUT2D eigenvalue weighted by Gasteiger charge is 2.09. The van der Waals surface area contributed by atoms with Crippen molar-refractivity contribution in [1.29, 1.82) is 0 Å². The van der Waals surface area contributed by atoms with Crippen molar-refractivity contribution in [3.8, 4) is 5.88 Å². The fourth-order valence-corrected chi connectivity index (χ4v) is 1.46. The van der Waals surface area contributed by atoms with Crippen molar-refractivity contribution in [2.45, 2.75) is 6.92 Å². The van der Waals surface area contributed by atoms with Gasteiger partial charge in [0.2, 0.25) is 5.88 Å². The molecule has 82 valence electrons. The van der Waals surface area contributed by atoms with Gasteiger partial charge in [-0.15, -0.1) is 0 Å². The van der Waals surface area contributed by atoms with Crippen LogP contribution in [0.15, 0.2) is 18.7 Å². The van der Waals surface area contributed by atoms with E-state index < -0.39 is 0 Å². The summed E-state index contributed by atoms with van der Waals surface area (Å²) in [5, 5.41) is 3.88. The van der Waals surface area contributed by atoms with Gasteiger partial charge >= 0.3 is 0 Å². The number of pyridine rings is 1. The molecule has 1 N–H and O–H groups in total. The molecule has 0 radical (unpaired) electrons. The molecule has 1 aromatic heterocycles. The molecule has 0 unspecified atom stereocenters. The second kappa shape index (κ2) is 5.83. The lowest BCUT2D eigenvalue weighted by Gasteiger charge is -2.09. The highest BCUT2D eigenvalue weighted by atomic mass is 35.5.